The third-order valence-corrected chi connectivity index (χ3v) is 5.91. The molecule has 0 amide bonds. The van der Waals surface area contributed by atoms with Crippen molar-refractivity contribution in [3.63, 3.8) is 0 Å². The summed E-state index contributed by atoms with van der Waals surface area (Å²) in [6.07, 6.45) is 0. The summed E-state index contributed by atoms with van der Waals surface area (Å²) >= 11 is 0. The number of benzene rings is 2. The van der Waals surface area contributed by atoms with Gasteiger partial charge in [0.2, 0.25) is 5.95 Å². The SMILES string of the molecule is Cc1cc(-c2c(-c3ccccc3)nc(N)n3c(=O)n(C(C)c4cc(F)ccc4F)nc23)cc(C)n1. The fraction of sp³-hybridized carbons (Fsp3) is 0.154. The number of nitrogen functional groups attached to an aromatic ring is 1. The molecule has 1 unspecified atom stereocenters. The fourth-order valence-electron chi connectivity index (χ4n) is 4.35. The molecule has 1 atom stereocenters. The first-order valence-electron chi connectivity index (χ1n) is 11.0. The van der Waals surface area contributed by atoms with E-state index >= 15 is 0 Å². The van der Waals surface area contributed by atoms with Crippen LogP contribution in [0.2, 0.25) is 0 Å². The van der Waals surface area contributed by atoms with Gasteiger partial charge in [0.15, 0.2) is 5.65 Å². The van der Waals surface area contributed by atoms with E-state index in [9.17, 15) is 13.6 Å². The number of nitrogens with two attached hydrogens (primary N) is 1. The molecule has 0 radical (unpaired) electrons. The molecule has 3 aromatic heterocycles. The number of pyridine rings is 1. The largest absolute Gasteiger partial charge is 0.369 e. The number of halogens is 2. The molecule has 3 heterocycles. The maximum atomic E-state index is 14.5. The highest BCUT2D eigenvalue weighted by atomic mass is 19.1. The van der Waals surface area contributed by atoms with Crippen LogP contribution in [0.1, 0.15) is 29.9 Å². The zero-order valence-electron chi connectivity index (χ0n) is 19.3. The Balaban J connectivity index is 1.86. The molecule has 0 aliphatic carbocycles. The minimum Gasteiger partial charge on any atom is -0.369 e. The summed E-state index contributed by atoms with van der Waals surface area (Å²) in [6, 6.07) is 15.4. The third kappa shape index (κ3) is 3.84. The van der Waals surface area contributed by atoms with E-state index in [1.807, 2.05) is 56.3 Å². The first kappa shape index (κ1) is 22.4. The van der Waals surface area contributed by atoms with Crippen molar-refractivity contribution in [1.82, 2.24) is 24.1 Å². The Morgan fingerprint density at radius 1 is 0.914 bits per heavy atom. The summed E-state index contributed by atoms with van der Waals surface area (Å²) in [5.74, 6) is -1.31. The van der Waals surface area contributed by atoms with Crippen molar-refractivity contribution in [2.45, 2.75) is 26.8 Å². The fourth-order valence-corrected chi connectivity index (χ4v) is 4.35. The highest BCUT2D eigenvalue weighted by molar-refractivity contribution is 5.90. The predicted octanol–water partition coefficient (Wildman–Crippen LogP) is 4.71. The molecule has 0 saturated heterocycles. The van der Waals surface area contributed by atoms with Crippen LogP contribution >= 0.6 is 0 Å². The van der Waals surface area contributed by atoms with Crippen LogP contribution in [0.5, 0.6) is 0 Å². The topological polar surface area (TPSA) is 91.1 Å². The first-order chi connectivity index (χ1) is 16.7. The van der Waals surface area contributed by atoms with E-state index < -0.39 is 23.4 Å². The average Bonchev–Trinajstić information content (AvgIpc) is 3.17. The van der Waals surface area contributed by atoms with Gasteiger partial charge in [0.1, 0.15) is 11.6 Å². The van der Waals surface area contributed by atoms with Crippen LogP contribution in [-0.2, 0) is 0 Å². The van der Waals surface area contributed by atoms with Crippen LogP contribution < -0.4 is 11.4 Å². The molecule has 0 fully saturated rings. The van der Waals surface area contributed by atoms with Crippen LogP contribution in [-0.4, -0.2) is 24.1 Å². The van der Waals surface area contributed by atoms with Crippen LogP contribution in [0.25, 0.3) is 28.0 Å². The van der Waals surface area contributed by atoms with E-state index in [0.717, 1.165) is 45.4 Å². The molecule has 0 saturated carbocycles. The Labute approximate surface area is 199 Å². The molecular formula is C26H22F2N6O. The van der Waals surface area contributed by atoms with Crippen molar-refractivity contribution in [1.29, 1.82) is 0 Å². The van der Waals surface area contributed by atoms with Gasteiger partial charge in [0, 0.05) is 22.5 Å². The molecule has 0 spiro atoms. The van der Waals surface area contributed by atoms with Gasteiger partial charge < -0.3 is 5.73 Å². The monoisotopic (exact) mass is 472 g/mol. The van der Waals surface area contributed by atoms with Crippen LogP contribution in [0.15, 0.2) is 65.5 Å². The van der Waals surface area contributed by atoms with Gasteiger partial charge in [-0.2, -0.15) is 0 Å². The average molecular weight is 472 g/mol. The Kier molecular flexibility index (Phi) is 5.39. The van der Waals surface area contributed by atoms with Crippen molar-refractivity contribution < 1.29 is 8.78 Å². The molecule has 9 heteroatoms. The van der Waals surface area contributed by atoms with E-state index in [1.165, 1.54) is 4.40 Å². The van der Waals surface area contributed by atoms with Gasteiger partial charge in [-0.05, 0) is 56.7 Å². The van der Waals surface area contributed by atoms with E-state index in [2.05, 4.69) is 15.1 Å². The Bertz CT molecular complexity index is 1620. The van der Waals surface area contributed by atoms with E-state index in [0.29, 0.717) is 11.3 Å². The minimum absolute atomic E-state index is 0.00229. The van der Waals surface area contributed by atoms with Crippen LogP contribution in [0, 0.1) is 25.5 Å². The Morgan fingerprint density at radius 3 is 2.29 bits per heavy atom. The molecule has 176 valence electrons. The highest BCUT2D eigenvalue weighted by Gasteiger charge is 2.25. The molecule has 5 rings (SSSR count). The molecule has 0 bridgehead atoms. The number of fused-ring (bicyclic) bond motifs is 1. The maximum Gasteiger partial charge on any atom is 0.353 e. The van der Waals surface area contributed by atoms with Gasteiger partial charge in [0.05, 0.1) is 17.3 Å². The second-order valence-corrected chi connectivity index (χ2v) is 8.43. The normalized spacial score (nSPS) is 12.3. The lowest BCUT2D eigenvalue weighted by atomic mass is 9.99. The van der Waals surface area contributed by atoms with Gasteiger partial charge in [-0.15, -0.1) is 5.10 Å². The lowest BCUT2D eigenvalue weighted by molar-refractivity contribution is 0.501. The maximum absolute atomic E-state index is 14.5. The van der Waals surface area contributed by atoms with Crippen molar-refractivity contribution in [3.8, 4) is 22.4 Å². The standard InChI is InChI=1S/C26H22F2N6O/c1-14-11-18(12-15(2)30-14)22-23(17-7-5-4-6-8-17)31-25(29)33-24(22)32-34(26(33)35)16(3)20-13-19(27)9-10-21(20)28/h4-13,16H,1-3H3,(H2,29,31). The van der Waals surface area contributed by atoms with Gasteiger partial charge in [-0.1, -0.05) is 30.3 Å². The highest BCUT2D eigenvalue weighted by Crippen LogP contribution is 2.35. The van der Waals surface area contributed by atoms with E-state index in [4.69, 9.17) is 5.73 Å². The third-order valence-electron chi connectivity index (χ3n) is 5.91. The number of anilines is 1. The summed E-state index contributed by atoms with van der Waals surface area (Å²) in [5.41, 5.74) is 10.2. The van der Waals surface area contributed by atoms with Gasteiger partial charge in [-0.3, -0.25) is 4.98 Å². The number of hydrogen-bond acceptors (Lipinski definition) is 5. The van der Waals surface area contributed by atoms with Crippen molar-refractivity contribution in [2.75, 3.05) is 5.73 Å². The van der Waals surface area contributed by atoms with Crippen molar-refractivity contribution in [3.05, 3.63) is 99.7 Å². The second kappa shape index (κ2) is 8.43. The summed E-state index contributed by atoms with van der Waals surface area (Å²) in [6.45, 7) is 5.33. The molecule has 5 aromatic rings. The molecule has 2 aromatic carbocycles. The summed E-state index contributed by atoms with van der Waals surface area (Å²) in [7, 11) is 0. The van der Waals surface area contributed by atoms with Crippen LogP contribution in [0.4, 0.5) is 14.7 Å². The molecule has 0 aliphatic rings. The minimum atomic E-state index is -0.897. The Hall–Kier alpha value is -4.40. The Morgan fingerprint density at radius 2 is 1.60 bits per heavy atom. The van der Waals surface area contributed by atoms with Crippen LogP contribution in [0.3, 0.4) is 0 Å². The van der Waals surface area contributed by atoms with Crippen molar-refractivity contribution >= 4 is 11.6 Å². The lowest BCUT2D eigenvalue weighted by Crippen LogP contribution is -2.26. The second-order valence-electron chi connectivity index (χ2n) is 8.43. The quantitative estimate of drug-likeness (QED) is 0.409. The van der Waals surface area contributed by atoms with Gasteiger partial charge >= 0.3 is 5.69 Å². The van der Waals surface area contributed by atoms with Gasteiger partial charge in [0.25, 0.3) is 0 Å². The smallest absolute Gasteiger partial charge is 0.353 e. The number of rotatable bonds is 4. The molecule has 0 aliphatic heterocycles. The number of aryl methyl sites for hydroxylation is 2. The van der Waals surface area contributed by atoms with Gasteiger partial charge in [-0.25, -0.2) is 27.6 Å². The molecule has 7 nitrogen and oxygen atoms in total. The predicted molar refractivity (Wildman–Crippen MR) is 130 cm³/mol. The lowest BCUT2D eigenvalue weighted by Gasteiger charge is -2.13. The van der Waals surface area contributed by atoms with E-state index in [1.54, 1.807) is 6.92 Å². The number of nitrogens with zero attached hydrogens (tertiary/aromatic N) is 5. The zero-order chi connectivity index (χ0) is 24.9. The summed E-state index contributed by atoms with van der Waals surface area (Å²) in [4.78, 5) is 22.5. The summed E-state index contributed by atoms with van der Waals surface area (Å²) in [5, 5.41) is 4.58. The zero-order valence-corrected chi connectivity index (χ0v) is 19.3. The summed E-state index contributed by atoms with van der Waals surface area (Å²) < 4.78 is 30.7. The number of aromatic nitrogens is 5. The number of hydrogen-bond donors (Lipinski definition) is 1. The first-order valence-corrected chi connectivity index (χ1v) is 11.0. The molecular weight excluding hydrogens is 450 g/mol. The molecule has 35 heavy (non-hydrogen) atoms. The molecule has 2 N–H and O–H groups in total. The van der Waals surface area contributed by atoms with Crippen molar-refractivity contribution in [2.24, 2.45) is 0 Å². The van der Waals surface area contributed by atoms with E-state index in [-0.39, 0.29) is 17.2 Å².